The Morgan fingerprint density at radius 3 is 2.58 bits per heavy atom. The molecule has 0 unspecified atom stereocenters. The Kier molecular flexibility index (Phi) is 3.85. The van der Waals surface area contributed by atoms with Gasteiger partial charge in [-0.05, 0) is 34.5 Å². The maximum Gasteiger partial charge on any atom is 0.412 e. The van der Waals surface area contributed by atoms with E-state index >= 15 is 0 Å². The van der Waals surface area contributed by atoms with Crippen LogP contribution in [0.3, 0.4) is 0 Å². The van der Waals surface area contributed by atoms with Crippen molar-refractivity contribution in [1.82, 2.24) is 0 Å². The Morgan fingerprint density at radius 2 is 2.05 bits per heavy atom. The van der Waals surface area contributed by atoms with Gasteiger partial charge < -0.3 is 4.90 Å². The standard InChI is InChI=1S/C13H10BrF3N2/c14-11-2-1-3-12(10(11)8-18)19-6-4-9(5-7-19)13(15,16)17/h1-4H,5-7H2. The molecule has 0 radical (unpaired) electrons. The van der Waals surface area contributed by atoms with Crippen LogP contribution < -0.4 is 4.90 Å². The number of hydrogen-bond acceptors (Lipinski definition) is 2. The molecule has 0 fully saturated rings. The molecule has 1 aromatic carbocycles. The van der Waals surface area contributed by atoms with Gasteiger partial charge in [-0.2, -0.15) is 18.4 Å². The summed E-state index contributed by atoms with van der Waals surface area (Å²) in [4.78, 5) is 1.78. The third-order valence-electron chi connectivity index (χ3n) is 3.02. The van der Waals surface area contributed by atoms with Gasteiger partial charge in [0.1, 0.15) is 6.07 Å². The highest BCUT2D eigenvalue weighted by molar-refractivity contribution is 9.10. The van der Waals surface area contributed by atoms with Crippen molar-refractivity contribution in [3.63, 3.8) is 0 Å². The van der Waals surface area contributed by atoms with E-state index in [0.717, 1.165) is 0 Å². The van der Waals surface area contributed by atoms with E-state index in [1.54, 1.807) is 23.1 Å². The third kappa shape index (κ3) is 2.92. The number of rotatable bonds is 1. The molecule has 0 N–H and O–H groups in total. The number of benzene rings is 1. The lowest BCUT2D eigenvalue weighted by atomic mass is 10.1. The van der Waals surface area contributed by atoms with Gasteiger partial charge in [0.2, 0.25) is 0 Å². The van der Waals surface area contributed by atoms with Crippen molar-refractivity contribution in [2.24, 2.45) is 0 Å². The predicted octanol–water partition coefficient (Wildman–Crippen LogP) is 4.02. The summed E-state index contributed by atoms with van der Waals surface area (Å²) >= 11 is 3.27. The molecule has 1 aliphatic rings. The summed E-state index contributed by atoms with van der Waals surface area (Å²) in [5.74, 6) is 0. The van der Waals surface area contributed by atoms with E-state index in [9.17, 15) is 13.2 Å². The molecule has 19 heavy (non-hydrogen) atoms. The average Bonchev–Trinajstić information content (AvgIpc) is 2.37. The highest BCUT2D eigenvalue weighted by atomic mass is 79.9. The second-order valence-electron chi connectivity index (χ2n) is 4.17. The van der Waals surface area contributed by atoms with Gasteiger partial charge in [0, 0.05) is 23.1 Å². The molecule has 0 aliphatic carbocycles. The molecule has 2 rings (SSSR count). The molecular formula is C13H10BrF3N2. The molecule has 1 aliphatic heterocycles. The lowest BCUT2D eigenvalue weighted by molar-refractivity contribution is -0.0943. The van der Waals surface area contributed by atoms with Gasteiger partial charge in [0.25, 0.3) is 0 Å². The number of halogens is 4. The van der Waals surface area contributed by atoms with E-state index < -0.39 is 11.7 Å². The quantitative estimate of drug-likeness (QED) is 0.727. The van der Waals surface area contributed by atoms with Crippen LogP contribution in [-0.2, 0) is 0 Å². The van der Waals surface area contributed by atoms with Crippen molar-refractivity contribution in [3.05, 3.63) is 39.9 Å². The SMILES string of the molecule is N#Cc1c(Br)cccc1N1CC=C(C(F)(F)F)CC1. The largest absolute Gasteiger partial charge is 0.412 e. The molecule has 1 heterocycles. The number of anilines is 1. The highest BCUT2D eigenvalue weighted by Gasteiger charge is 2.35. The minimum atomic E-state index is -4.25. The molecule has 0 saturated heterocycles. The number of nitriles is 1. The fourth-order valence-corrected chi connectivity index (χ4v) is 2.48. The maximum absolute atomic E-state index is 12.5. The van der Waals surface area contributed by atoms with Gasteiger partial charge in [0.15, 0.2) is 0 Å². The van der Waals surface area contributed by atoms with Gasteiger partial charge in [-0.3, -0.25) is 0 Å². The molecule has 0 spiro atoms. The molecule has 100 valence electrons. The van der Waals surface area contributed by atoms with E-state index in [2.05, 4.69) is 22.0 Å². The van der Waals surface area contributed by atoms with Crippen LogP contribution in [0.1, 0.15) is 12.0 Å². The minimum Gasteiger partial charge on any atom is -0.366 e. The van der Waals surface area contributed by atoms with E-state index in [1.807, 2.05) is 0 Å². The minimum absolute atomic E-state index is 0.0547. The molecule has 2 nitrogen and oxygen atoms in total. The molecule has 0 aromatic heterocycles. The molecule has 0 amide bonds. The Bertz CT molecular complexity index is 558. The monoisotopic (exact) mass is 330 g/mol. The first-order chi connectivity index (χ1) is 8.93. The summed E-state index contributed by atoms with van der Waals surface area (Å²) in [6.45, 7) is 0.427. The van der Waals surface area contributed by atoms with Crippen LogP contribution in [0, 0.1) is 11.3 Å². The summed E-state index contributed by atoms with van der Waals surface area (Å²) in [6, 6.07) is 7.32. The van der Waals surface area contributed by atoms with Crippen LogP contribution in [0.2, 0.25) is 0 Å². The Labute approximate surface area is 117 Å². The summed E-state index contributed by atoms with van der Waals surface area (Å²) in [5, 5.41) is 9.11. The normalized spacial score (nSPS) is 15.9. The zero-order chi connectivity index (χ0) is 14.0. The smallest absolute Gasteiger partial charge is 0.366 e. The summed E-state index contributed by atoms with van der Waals surface area (Å²) < 4.78 is 38.3. The molecular weight excluding hydrogens is 321 g/mol. The van der Waals surface area contributed by atoms with Gasteiger partial charge >= 0.3 is 6.18 Å². The highest BCUT2D eigenvalue weighted by Crippen LogP contribution is 2.33. The molecule has 1 aromatic rings. The van der Waals surface area contributed by atoms with Crippen molar-refractivity contribution < 1.29 is 13.2 Å². The first-order valence-corrected chi connectivity index (χ1v) is 6.42. The zero-order valence-electron chi connectivity index (χ0n) is 9.84. The van der Waals surface area contributed by atoms with Crippen molar-refractivity contribution in [2.75, 3.05) is 18.0 Å². The van der Waals surface area contributed by atoms with Crippen molar-refractivity contribution >= 4 is 21.6 Å². The predicted molar refractivity (Wildman–Crippen MR) is 69.8 cm³/mol. The van der Waals surface area contributed by atoms with E-state index in [4.69, 9.17) is 5.26 Å². The van der Waals surface area contributed by atoms with Gasteiger partial charge in [0.05, 0.1) is 11.3 Å². The third-order valence-corrected chi connectivity index (χ3v) is 3.68. The summed E-state index contributed by atoms with van der Waals surface area (Å²) in [6.07, 6.45) is -3.12. The van der Waals surface area contributed by atoms with Crippen molar-refractivity contribution in [3.8, 4) is 6.07 Å². The van der Waals surface area contributed by atoms with Crippen LogP contribution >= 0.6 is 15.9 Å². The van der Waals surface area contributed by atoms with Gasteiger partial charge in [-0.1, -0.05) is 12.1 Å². The number of nitrogens with zero attached hydrogens (tertiary/aromatic N) is 2. The lowest BCUT2D eigenvalue weighted by Gasteiger charge is -2.29. The molecule has 0 saturated carbocycles. The summed E-state index contributed by atoms with van der Waals surface area (Å²) in [7, 11) is 0. The van der Waals surface area contributed by atoms with Crippen molar-refractivity contribution in [1.29, 1.82) is 5.26 Å². The zero-order valence-corrected chi connectivity index (χ0v) is 11.4. The maximum atomic E-state index is 12.5. The lowest BCUT2D eigenvalue weighted by Crippen LogP contribution is -2.32. The van der Waals surface area contributed by atoms with Gasteiger partial charge in [-0.15, -0.1) is 0 Å². The van der Waals surface area contributed by atoms with Crippen LogP contribution in [0.4, 0.5) is 18.9 Å². The summed E-state index contributed by atoms with van der Waals surface area (Å²) in [5.41, 5.74) is 0.623. The number of alkyl halides is 3. The molecule has 0 bridgehead atoms. The Morgan fingerprint density at radius 1 is 1.32 bits per heavy atom. The average molecular weight is 331 g/mol. The fraction of sp³-hybridized carbons (Fsp3) is 0.308. The fourth-order valence-electron chi connectivity index (χ4n) is 2.03. The van der Waals surface area contributed by atoms with Crippen molar-refractivity contribution in [2.45, 2.75) is 12.6 Å². The Hall–Kier alpha value is -1.48. The van der Waals surface area contributed by atoms with E-state index in [1.165, 1.54) is 6.08 Å². The first-order valence-electron chi connectivity index (χ1n) is 5.63. The first kappa shape index (κ1) is 13.9. The van der Waals surface area contributed by atoms with Gasteiger partial charge in [-0.25, -0.2) is 0 Å². The molecule has 0 atom stereocenters. The number of hydrogen-bond donors (Lipinski definition) is 0. The molecule has 6 heteroatoms. The second kappa shape index (κ2) is 5.25. The van der Waals surface area contributed by atoms with E-state index in [0.29, 0.717) is 15.7 Å². The second-order valence-corrected chi connectivity index (χ2v) is 5.02. The van der Waals surface area contributed by atoms with Crippen LogP contribution in [-0.4, -0.2) is 19.3 Å². The van der Waals surface area contributed by atoms with E-state index in [-0.39, 0.29) is 19.5 Å². The van der Waals surface area contributed by atoms with Crippen LogP contribution in [0.25, 0.3) is 0 Å². The van der Waals surface area contributed by atoms with Crippen LogP contribution in [0.5, 0.6) is 0 Å². The topological polar surface area (TPSA) is 27.0 Å². The van der Waals surface area contributed by atoms with Crippen LogP contribution in [0.15, 0.2) is 34.3 Å². The Balaban J connectivity index is 2.26.